The second-order valence-electron chi connectivity index (χ2n) is 4.46. The number of H-pyrrole nitrogens is 1. The molecule has 3 rings (SSSR count). The maximum absolute atomic E-state index is 11.8. The van der Waals surface area contributed by atoms with Crippen molar-refractivity contribution in [2.75, 3.05) is 0 Å². The Morgan fingerprint density at radius 1 is 1.45 bits per heavy atom. The van der Waals surface area contributed by atoms with Crippen molar-refractivity contribution in [3.8, 4) is 11.4 Å². The summed E-state index contributed by atoms with van der Waals surface area (Å²) in [6.45, 7) is 1.28. The topological polar surface area (TPSA) is 98.1 Å². The summed E-state index contributed by atoms with van der Waals surface area (Å²) in [5.74, 6) is -0.0747. The molecule has 0 unspecified atom stereocenters. The lowest BCUT2D eigenvalue weighted by molar-refractivity contribution is 0.0423. The summed E-state index contributed by atoms with van der Waals surface area (Å²) < 4.78 is 10.1. The molecule has 3 heterocycles. The first kappa shape index (κ1) is 14.2. The zero-order chi connectivity index (χ0) is 15.5. The van der Waals surface area contributed by atoms with Crippen molar-refractivity contribution in [3.63, 3.8) is 0 Å². The molecule has 0 atom stereocenters. The van der Waals surface area contributed by atoms with Gasteiger partial charge in [0.15, 0.2) is 12.4 Å². The molecule has 0 bridgehead atoms. The van der Waals surface area contributed by atoms with Gasteiger partial charge in [0, 0.05) is 22.7 Å². The van der Waals surface area contributed by atoms with E-state index < -0.39 is 5.97 Å². The summed E-state index contributed by atoms with van der Waals surface area (Å²) in [6, 6.07) is 3.31. The maximum atomic E-state index is 11.8. The third-order valence-electron chi connectivity index (χ3n) is 2.88. The molecule has 0 aliphatic carbocycles. The number of aromatic nitrogens is 3. The number of carbonyl (C=O) groups is 2. The van der Waals surface area contributed by atoms with Crippen LogP contribution in [0.15, 0.2) is 33.6 Å². The van der Waals surface area contributed by atoms with Crippen molar-refractivity contribution in [2.24, 2.45) is 0 Å². The smallest absolute Gasteiger partial charge is 0.355 e. The van der Waals surface area contributed by atoms with Crippen LogP contribution in [0.1, 0.15) is 33.7 Å². The van der Waals surface area contributed by atoms with Gasteiger partial charge in [0.25, 0.3) is 5.89 Å². The van der Waals surface area contributed by atoms with Crippen LogP contribution >= 0.6 is 11.3 Å². The number of hydrogen-bond acceptors (Lipinski definition) is 7. The number of aromatic amines is 1. The van der Waals surface area contributed by atoms with Crippen molar-refractivity contribution in [1.29, 1.82) is 0 Å². The van der Waals surface area contributed by atoms with Crippen LogP contribution in [-0.2, 0) is 11.3 Å². The summed E-state index contributed by atoms with van der Waals surface area (Å²) in [5, 5.41) is 7.61. The fraction of sp³-hybridized carbons (Fsp3) is 0.143. The number of ketones is 1. The number of carbonyl (C=O) groups excluding carboxylic acids is 2. The van der Waals surface area contributed by atoms with Gasteiger partial charge < -0.3 is 14.2 Å². The normalized spacial score (nSPS) is 10.6. The number of Topliss-reactive ketones (excluding diaryl/α,β-unsaturated/α-hetero) is 1. The first-order chi connectivity index (χ1) is 10.6. The molecular weight excluding hydrogens is 306 g/mol. The second kappa shape index (κ2) is 5.94. The number of nitrogens with one attached hydrogen (secondary N) is 1. The number of rotatable bonds is 5. The SMILES string of the molecule is CC(=O)c1c[nH]c(C(=O)OCc2nc(-c3ccsc3)no2)c1. The number of esters is 1. The monoisotopic (exact) mass is 317 g/mol. The standard InChI is InChI=1S/C14H11N3O4S/c1-8(18)10-4-11(15-5-10)14(19)20-6-12-16-13(17-21-12)9-2-3-22-7-9/h2-5,7,15H,6H2,1H3. The summed E-state index contributed by atoms with van der Waals surface area (Å²) in [7, 11) is 0. The van der Waals surface area contributed by atoms with Crippen molar-refractivity contribution < 1.29 is 18.8 Å². The molecule has 3 aromatic heterocycles. The third kappa shape index (κ3) is 2.96. The zero-order valence-corrected chi connectivity index (χ0v) is 12.3. The minimum absolute atomic E-state index is 0.132. The fourth-order valence-corrected chi connectivity index (χ4v) is 2.38. The molecule has 8 heteroatoms. The summed E-state index contributed by atoms with van der Waals surface area (Å²) in [5.41, 5.74) is 1.47. The van der Waals surface area contributed by atoms with Gasteiger partial charge in [0.1, 0.15) is 5.69 Å². The van der Waals surface area contributed by atoms with Crippen molar-refractivity contribution in [3.05, 3.63) is 46.2 Å². The fourth-order valence-electron chi connectivity index (χ4n) is 1.74. The van der Waals surface area contributed by atoms with Crippen LogP contribution in [0.25, 0.3) is 11.4 Å². The molecule has 0 aliphatic rings. The quantitative estimate of drug-likeness (QED) is 0.574. The summed E-state index contributed by atoms with van der Waals surface area (Å²) in [4.78, 5) is 29.8. The molecule has 0 radical (unpaired) electrons. The Morgan fingerprint density at radius 2 is 2.32 bits per heavy atom. The summed E-state index contributed by atoms with van der Waals surface area (Å²) >= 11 is 1.53. The number of thiophene rings is 1. The van der Waals surface area contributed by atoms with E-state index >= 15 is 0 Å². The van der Waals surface area contributed by atoms with Gasteiger partial charge in [-0.15, -0.1) is 0 Å². The van der Waals surface area contributed by atoms with E-state index in [1.807, 2.05) is 16.8 Å². The number of ether oxygens (including phenoxy) is 1. The highest BCUT2D eigenvalue weighted by Crippen LogP contribution is 2.19. The lowest BCUT2D eigenvalue weighted by atomic mass is 10.2. The van der Waals surface area contributed by atoms with Gasteiger partial charge in [-0.3, -0.25) is 4.79 Å². The molecule has 0 aliphatic heterocycles. The van der Waals surface area contributed by atoms with Crippen molar-refractivity contribution >= 4 is 23.1 Å². The van der Waals surface area contributed by atoms with Gasteiger partial charge in [0.2, 0.25) is 5.82 Å². The molecule has 0 fully saturated rings. The molecule has 0 aromatic carbocycles. The molecule has 7 nitrogen and oxygen atoms in total. The van der Waals surface area contributed by atoms with Crippen LogP contribution in [0.2, 0.25) is 0 Å². The lowest BCUT2D eigenvalue weighted by Gasteiger charge is -1.98. The first-order valence-electron chi connectivity index (χ1n) is 6.35. The molecule has 0 amide bonds. The molecule has 0 saturated heterocycles. The molecule has 3 aromatic rings. The van der Waals surface area contributed by atoms with E-state index in [-0.39, 0.29) is 24.0 Å². The highest BCUT2D eigenvalue weighted by molar-refractivity contribution is 7.08. The van der Waals surface area contributed by atoms with E-state index in [2.05, 4.69) is 15.1 Å². The predicted molar refractivity (Wildman–Crippen MR) is 77.5 cm³/mol. The second-order valence-corrected chi connectivity index (χ2v) is 5.24. The highest BCUT2D eigenvalue weighted by atomic mass is 32.1. The van der Waals surface area contributed by atoms with Crippen molar-refractivity contribution in [1.82, 2.24) is 15.1 Å². The minimum atomic E-state index is -0.595. The Morgan fingerprint density at radius 3 is 3.00 bits per heavy atom. The van der Waals surface area contributed by atoms with Crippen molar-refractivity contribution in [2.45, 2.75) is 13.5 Å². The maximum Gasteiger partial charge on any atom is 0.355 e. The average Bonchev–Trinajstić information content (AvgIpc) is 3.23. The number of hydrogen-bond donors (Lipinski definition) is 1. The first-order valence-corrected chi connectivity index (χ1v) is 7.29. The third-order valence-corrected chi connectivity index (χ3v) is 3.57. The van der Waals surface area contributed by atoms with Crippen LogP contribution in [0, 0.1) is 0 Å². The van der Waals surface area contributed by atoms with Gasteiger partial charge in [0.05, 0.1) is 0 Å². The largest absolute Gasteiger partial charge is 0.451 e. The predicted octanol–water partition coefficient (Wildman–Crippen LogP) is 2.69. The molecule has 1 N–H and O–H groups in total. The van der Waals surface area contributed by atoms with E-state index in [1.54, 1.807) is 0 Å². The zero-order valence-electron chi connectivity index (χ0n) is 11.5. The summed E-state index contributed by atoms with van der Waals surface area (Å²) in [6.07, 6.45) is 1.46. The van der Waals surface area contributed by atoms with E-state index in [0.717, 1.165) is 5.56 Å². The molecule has 0 saturated carbocycles. The molecular formula is C14H11N3O4S. The average molecular weight is 317 g/mol. The molecule has 0 spiro atoms. The Labute approximate surface area is 128 Å². The van der Waals surface area contributed by atoms with Crippen LogP contribution in [0.5, 0.6) is 0 Å². The van der Waals surface area contributed by atoms with E-state index in [1.165, 1.54) is 30.5 Å². The molecule has 22 heavy (non-hydrogen) atoms. The Kier molecular flexibility index (Phi) is 3.84. The Balaban J connectivity index is 1.62. The van der Waals surface area contributed by atoms with Gasteiger partial charge >= 0.3 is 5.97 Å². The van der Waals surface area contributed by atoms with E-state index in [0.29, 0.717) is 11.4 Å². The minimum Gasteiger partial charge on any atom is -0.451 e. The Hall–Kier alpha value is -2.74. The van der Waals surface area contributed by atoms with Crippen LogP contribution in [-0.4, -0.2) is 26.9 Å². The van der Waals surface area contributed by atoms with Crippen LogP contribution in [0.4, 0.5) is 0 Å². The van der Waals surface area contributed by atoms with Gasteiger partial charge in [-0.2, -0.15) is 16.3 Å². The van der Waals surface area contributed by atoms with Gasteiger partial charge in [-0.25, -0.2) is 4.79 Å². The van der Waals surface area contributed by atoms with Gasteiger partial charge in [-0.1, -0.05) is 5.16 Å². The van der Waals surface area contributed by atoms with Crippen LogP contribution < -0.4 is 0 Å². The van der Waals surface area contributed by atoms with Gasteiger partial charge in [-0.05, 0) is 24.4 Å². The van der Waals surface area contributed by atoms with E-state index in [9.17, 15) is 9.59 Å². The van der Waals surface area contributed by atoms with E-state index in [4.69, 9.17) is 9.26 Å². The molecule has 112 valence electrons. The Bertz CT molecular complexity index is 804. The lowest BCUT2D eigenvalue weighted by Crippen LogP contribution is -2.05. The highest BCUT2D eigenvalue weighted by Gasteiger charge is 2.15. The number of nitrogens with zero attached hydrogens (tertiary/aromatic N) is 2. The van der Waals surface area contributed by atoms with Crippen LogP contribution in [0.3, 0.4) is 0 Å².